The Kier molecular flexibility index (Phi) is 6.73. The number of fused-ring (bicyclic) bond motifs is 1. The second-order valence-electron chi connectivity index (χ2n) is 8.20. The number of para-hydroxylation sites is 1. The third kappa shape index (κ3) is 5.02. The largest absolute Gasteiger partial charge is 0.422 e. The van der Waals surface area contributed by atoms with E-state index in [0.717, 1.165) is 16.8 Å². The number of non-ortho nitro benzene ring substituents is 1. The Morgan fingerprint density at radius 1 is 0.895 bits per heavy atom. The standard InChI is InChI=1S/C29H20N4O5/c34-28(24-12-3-4-13-26(24)32-16-5-6-17-32)31-30-19-25-23-11-2-1-8-20(23)14-15-27(25)38-29(35)21-9-7-10-22(18-21)33(36)37/h1-19H,(H,31,34)/b30-19+. The van der Waals surface area contributed by atoms with Crippen LogP contribution in [0.25, 0.3) is 16.5 Å². The molecule has 186 valence electrons. The minimum absolute atomic E-state index is 0.0326. The van der Waals surface area contributed by atoms with Crippen LogP contribution in [0.1, 0.15) is 26.3 Å². The predicted molar refractivity (Wildman–Crippen MR) is 143 cm³/mol. The van der Waals surface area contributed by atoms with Crippen LogP contribution in [-0.4, -0.2) is 27.6 Å². The van der Waals surface area contributed by atoms with Gasteiger partial charge in [-0.2, -0.15) is 5.10 Å². The van der Waals surface area contributed by atoms with Crippen LogP contribution in [0.5, 0.6) is 5.75 Å². The van der Waals surface area contributed by atoms with Crippen LogP contribution in [0.3, 0.4) is 0 Å². The average Bonchev–Trinajstić information content (AvgIpc) is 3.49. The maximum absolute atomic E-state index is 13.0. The molecule has 9 heteroatoms. The molecule has 9 nitrogen and oxygen atoms in total. The molecule has 0 atom stereocenters. The Bertz CT molecular complexity index is 1690. The van der Waals surface area contributed by atoms with Crippen molar-refractivity contribution in [3.8, 4) is 11.4 Å². The van der Waals surface area contributed by atoms with Gasteiger partial charge in [-0.15, -0.1) is 0 Å². The molecule has 5 aromatic rings. The van der Waals surface area contributed by atoms with Gasteiger partial charge in [-0.25, -0.2) is 10.2 Å². The molecule has 0 bridgehead atoms. The fourth-order valence-electron chi connectivity index (χ4n) is 4.00. The maximum atomic E-state index is 13.0. The Morgan fingerprint density at radius 2 is 1.66 bits per heavy atom. The summed E-state index contributed by atoms with van der Waals surface area (Å²) in [7, 11) is 0. The predicted octanol–water partition coefficient (Wildman–Crippen LogP) is 5.52. The molecule has 0 fully saturated rings. The van der Waals surface area contributed by atoms with Crippen molar-refractivity contribution in [3.05, 3.63) is 136 Å². The number of hydrogen-bond donors (Lipinski definition) is 1. The minimum Gasteiger partial charge on any atom is -0.422 e. The summed E-state index contributed by atoms with van der Waals surface area (Å²) in [5, 5.41) is 16.9. The van der Waals surface area contributed by atoms with E-state index >= 15 is 0 Å². The summed E-state index contributed by atoms with van der Waals surface area (Å²) in [6, 6.07) is 27.0. The monoisotopic (exact) mass is 504 g/mol. The lowest BCUT2D eigenvalue weighted by atomic mass is 10.0. The lowest BCUT2D eigenvalue weighted by molar-refractivity contribution is -0.384. The number of benzene rings is 4. The minimum atomic E-state index is -0.761. The van der Waals surface area contributed by atoms with E-state index in [0.29, 0.717) is 16.8 Å². The first-order valence-corrected chi connectivity index (χ1v) is 11.6. The number of esters is 1. The van der Waals surface area contributed by atoms with Crippen LogP contribution in [0.2, 0.25) is 0 Å². The number of nitrogens with one attached hydrogen (secondary N) is 1. The van der Waals surface area contributed by atoms with Crippen molar-refractivity contribution in [1.82, 2.24) is 9.99 Å². The van der Waals surface area contributed by atoms with Crippen LogP contribution in [0.15, 0.2) is 115 Å². The number of nitro benzene ring substituents is 1. The van der Waals surface area contributed by atoms with E-state index < -0.39 is 16.8 Å². The zero-order valence-electron chi connectivity index (χ0n) is 19.9. The topological polar surface area (TPSA) is 116 Å². The lowest BCUT2D eigenvalue weighted by Crippen LogP contribution is -2.19. The van der Waals surface area contributed by atoms with Crippen LogP contribution < -0.4 is 10.2 Å². The lowest BCUT2D eigenvalue weighted by Gasteiger charge is -2.11. The molecule has 0 radical (unpaired) electrons. The molecule has 0 aliphatic carbocycles. The van der Waals surface area contributed by atoms with Crippen molar-refractivity contribution in [2.45, 2.75) is 0 Å². The van der Waals surface area contributed by atoms with Gasteiger partial charge in [0.25, 0.3) is 11.6 Å². The third-order valence-electron chi connectivity index (χ3n) is 5.82. The molecule has 0 unspecified atom stereocenters. The van der Waals surface area contributed by atoms with Crippen LogP contribution in [0, 0.1) is 10.1 Å². The summed E-state index contributed by atoms with van der Waals surface area (Å²) >= 11 is 0. The number of carbonyl (C=O) groups is 2. The molecule has 0 saturated carbocycles. The Balaban J connectivity index is 1.44. The molecule has 1 aromatic heterocycles. The molecular weight excluding hydrogens is 484 g/mol. The van der Waals surface area contributed by atoms with Gasteiger partial charge in [0.2, 0.25) is 0 Å². The number of amides is 1. The molecule has 0 spiro atoms. The molecule has 0 aliphatic heterocycles. The smallest absolute Gasteiger partial charge is 0.343 e. The van der Waals surface area contributed by atoms with Crippen LogP contribution in [-0.2, 0) is 0 Å². The van der Waals surface area contributed by atoms with Crippen molar-refractivity contribution in [2.75, 3.05) is 0 Å². The number of hydrogen-bond acceptors (Lipinski definition) is 6. The Morgan fingerprint density at radius 3 is 2.47 bits per heavy atom. The second-order valence-corrected chi connectivity index (χ2v) is 8.20. The third-order valence-corrected chi connectivity index (χ3v) is 5.82. The normalized spacial score (nSPS) is 10.9. The van der Waals surface area contributed by atoms with Crippen molar-refractivity contribution < 1.29 is 19.2 Å². The van der Waals surface area contributed by atoms with Crippen molar-refractivity contribution in [1.29, 1.82) is 0 Å². The van der Waals surface area contributed by atoms with Gasteiger partial charge < -0.3 is 9.30 Å². The Hall–Kier alpha value is -5.57. The number of carbonyl (C=O) groups excluding carboxylic acids is 2. The molecule has 0 saturated heterocycles. The van der Waals surface area contributed by atoms with E-state index in [1.807, 2.05) is 65.5 Å². The molecule has 38 heavy (non-hydrogen) atoms. The van der Waals surface area contributed by atoms with E-state index in [9.17, 15) is 19.7 Å². The summed E-state index contributed by atoms with van der Waals surface area (Å²) in [5.41, 5.74) is 3.94. The fraction of sp³-hybridized carbons (Fsp3) is 0. The summed E-state index contributed by atoms with van der Waals surface area (Å²) < 4.78 is 7.44. The average molecular weight is 505 g/mol. The van der Waals surface area contributed by atoms with Gasteiger partial charge in [-0.3, -0.25) is 14.9 Å². The van der Waals surface area contributed by atoms with E-state index in [4.69, 9.17) is 4.74 Å². The Labute approximate surface area is 216 Å². The van der Waals surface area contributed by atoms with Crippen LogP contribution >= 0.6 is 0 Å². The molecule has 1 N–H and O–H groups in total. The summed E-state index contributed by atoms with van der Waals surface area (Å²) in [4.78, 5) is 36.3. The van der Waals surface area contributed by atoms with Gasteiger partial charge in [0.05, 0.1) is 28.0 Å². The highest BCUT2D eigenvalue weighted by atomic mass is 16.6. The number of rotatable bonds is 7. The first-order chi connectivity index (χ1) is 18.5. The van der Waals surface area contributed by atoms with Gasteiger partial charge >= 0.3 is 5.97 Å². The van der Waals surface area contributed by atoms with E-state index in [1.165, 1.54) is 24.4 Å². The molecule has 1 amide bonds. The summed E-state index contributed by atoms with van der Waals surface area (Å²) in [6.45, 7) is 0. The van der Waals surface area contributed by atoms with Gasteiger partial charge in [0.1, 0.15) is 5.75 Å². The first kappa shape index (κ1) is 24.1. The van der Waals surface area contributed by atoms with E-state index in [2.05, 4.69) is 10.5 Å². The fourth-order valence-corrected chi connectivity index (χ4v) is 4.00. The zero-order chi connectivity index (χ0) is 26.5. The molecule has 1 heterocycles. The number of nitrogens with zero attached hydrogens (tertiary/aromatic N) is 3. The molecule has 5 rings (SSSR count). The van der Waals surface area contributed by atoms with Gasteiger partial charge in [-0.1, -0.05) is 48.5 Å². The van der Waals surface area contributed by atoms with E-state index in [1.54, 1.807) is 24.3 Å². The summed E-state index contributed by atoms with van der Waals surface area (Å²) in [6.07, 6.45) is 5.09. The molecule has 4 aromatic carbocycles. The highest BCUT2D eigenvalue weighted by molar-refractivity contribution is 6.05. The number of nitro groups is 1. The molecule has 0 aliphatic rings. The van der Waals surface area contributed by atoms with Crippen molar-refractivity contribution in [2.24, 2.45) is 5.10 Å². The summed E-state index contributed by atoms with van der Waals surface area (Å²) in [5.74, 6) is -0.991. The highest BCUT2D eigenvalue weighted by Gasteiger charge is 2.17. The van der Waals surface area contributed by atoms with Gasteiger partial charge in [0, 0.05) is 30.1 Å². The van der Waals surface area contributed by atoms with Gasteiger partial charge in [-0.05, 0) is 47.2 Å². The quantitative estimate of drug-likeness (QED) is 0.103. The SMILES string of the molecule is O=C(Oc1ccc2ccccc2c1/C=N/NC(=O)c1ccccc1-n1cccc1)c1cccc([N+](=O)[O-])c1. The van der Waals surface area contributed by atoms with Crippen molar-refractivity contribution >= 4 is 34.6 Å². The number of ether oxygens (including phenoxy) is 1. The van der Waals surface area contributed by atoms with Crippen LogP contribution in [0.4, 0.5) is 5.69 Å². The number of hydrazone groups is 1. The van der Waals surface area contributed by atoms with Gasteiger partial charge in [0.15, 0.2) is 0 Å². The second kappa shape index (κ2) is 10.6. The highest BCUT2D eigenvalue weighted by Crippen LogP contribution is 2.28. The number of aromatic nitrogens is 1. The van der Waals surface area contributed by atoms with Crippen molar-refractivity contribution in [3.63, 3.8) is 0 Å². The first-order valence-electron chi connectivity index (χ1n) is 11.6. The zero-order valence-corrected chi connectivity index (χ0v) is 19.9. The molecular formula is C29H20N4O5. The maximum Gasteiger partial charge on any atom is 0.343 e. The van der Waals surface area contributed by atoms with E-state index in [-0.39, 0.29) is 17.0 Å².